The van der Waals surface area contributed by atoms with Gasteiger partial charge < -0.3 is 14.5 Å². The van der Waals surface area contributed by atoms with Gasteiger partial charge in [0.1, 0.15) is 35.4 Å². The molecule has 0 spiro atoms. The third kappa shape index (κ3) is 5.05. The monoisotopic (exact) mass is 461 g/mol. The van der Waals surface area contributed by atoms with Gasteiger partial charge in [0.05, 0.1) is 5.69 Å². The molecular formula is C23H18F3NO4S. The van der Waals surface area contributed by atoms with Gasteiger partial charge in [-0.25, -0.2) is 21.6 Å². The van der Waals surface area contributed by atoms with Crippen LogP contribution in [0.1, 0.15) is 5.56 Å². The number of nitrogens with one attached hydrogen (secondary N) is 1. The number of ether oxygens (including phenoxy) is 1. The Morgan fingerprint density at radius 1 is 0.938 bits per heavy atom. The van der Waals surface area contributed by atoms with E-state index in [1.54, 1.807) is 30.3 Å². The zero-order valence-electron chi connectivity index (χ0n) is 16.9. The Kier molecular flexibility index (Phi) is 5.84. The van der Waals surface area contributed by atoms with Crippen molar-refractivity contribution in [2.75, 3.05) is 17.4 Å². The fourth-order valence-electron chi connectivity index (χ4n) is 3.08. The number of halogens is 3. The number of fused-ring (bicyclic) bond motifs is 1. The molecule has 1 N–H and O–H groups in total. The quantitative estimate of drug-likeness (QED) is 0.393. The largest absolute Gasteiger partial charge is 0.487 e. The summed E-state index contributed by atoms with van der Waals surface area (Å²) < 4.78 is 74.7. The second-order valence-electron chi connectivity index (χ2n) is 7.29. The van der Waals surface area contributed by atoms with Gasteiger partial charge in [0.2, 0.25) is 0 Å². The predicted octanol–water partition coefficient (Wildman–Crippen LogP) is 5.51. The summed E-state index contributed by atoms with van der Waals surface area (Å²) >= 11 is 0. The first-order valence-electron chi connectivity index (χ1n) is 9.50. The minimum absolute atomic E-state index is 0.0705. The van der Waals surface area contributed by atoms with E-state index in [9.17, 15) is 21.6 Å². The number of benzene rings is 3. The number of hydrogen-bond donors (Lipinski definition) is 1. The molecule has 4 aromatic rings. The number of furan rings is 1. The van der Waals surface area contributed by atoms with Crippen LogP contribution in [0.5, 0.6) is 5.75 Å². The summed E-state index contributed by atoms with van der Waals surface area (Å²) in [6.07, 6.45) is 1.08. The van der Waals surface area contributed by atoms with E-state index < -0.39 is 21.5 Å². The molecule has 0 amide bonds. The van der Waals surface area contributed by atoms with Gasteiger partial charge in [-0.3, -0.25) is 0 Å². The standard InChI is InChI=1S/C23H18F3NO4S/c1-32(28,29)13-27-20-11-22-16(9-21(31-22)15-3-5-17(24)6-4-15)10-23(20)30-12-14-2-7-18(25)19(26)8-14/h2-11,27H,12-13H2,1H3. The van der Waals surface area contributed by atoms with Crippen LogP contribution in [0.4, 0.5) is 18.9 Å². The van der Waals surface area contributed by atoms with E-state index in [4.69, 9.17) is 9.15 Å². The van der Waals surface area contributed by atoms with E-state index in [-0.39, 0.29) is 18.3 Å². The highest BCUT2D eigenvalue weighted by Gasteiger charge is 2.14. The Balaban J connectivity index is 1.68. The summed E-state index contributed by atoms with van der Waals surface area (Å²) in [4.78, 5) is 0. The zero-order valence-corrected chi connectivity index (χ0v) is 17.7. The first kappa shape index (κ1) is 21.8. The lowest BCUT2D eigenvalue weighted by molar-refractivity contribution is 0.307. The number of anilines is 1. The van der Waals surface area contributed by atoms with Crippen molar-refractivity contribution in [3.05, 3.63) is 83.7 Å². The van der Waals surface area contributed by atoms with Crippen LogP contribution in [0.3, 0.4) is 0 Å². The zero-order chi connectivity index (χ0) is 22.9. The molecule has 0 unspecified atom stereocenters. The van der Waals surface area contributed by atoms with Crippen LogP contribution in [0.25, 0.3) is 22.3 Å². The van der Waals surface area contributed by atoms with Crippen LogP contribution >= 0.6 is 0 Å². The van der Waals surface area contributed by atoms with Crippen molar-refractivity contribution in [2.45, 2.75) is 6.61 Å². The van der Waals surface area contributed by atoms with Crippen LogP contribution in [-0.2, 0) is 16.4 Å². The summed E-state index contributed by atoms with van der Waals surface area (Å²) in [6.45, 7) is -0.0705. The summed E-state index contributed by atoms with van der Waals surface area (Å²) in [5, 5.41) is 3.46. The van der Waals surface area contributed by atoms with Crippen molar-refractivity contribution < 1.29 is 30.7 Å². The highest BCUT2D eigenvalue weighted by atomic mass is 32.2. The van der Waals surface area contributed by atoms with E-state index in [0.717, 1.165) is 18.4 Å². The minimum Gasteiger partial charge on any atom is -0.487 e. The third-order valence-electron chi connectivity index (χ3n) is 4.65. The van der Waals surface area contributed by atoms with Crippen molar-refractivity contribution in [3.8, 4) is 17.1 Å². The summed E-state index contributed by atoms with van der Waals surface area (Å²) in [7, 11) is -3.34. The second kappa shape index (κ2) is 8.58. The van der Waals surface area contributed by atoms with Gasteiger partial charge in [0.25, 0.3) is 0 Å². The van der Waals surface area contributed by atoms with Gasteiger partial charge in [0.15, 0.2) is 21.5 Å². The Morgan fingerprint density at radius 2 is 1.69 bits per heavy atom. The van der Waals surface area contributed by atoms with Gasteiger partial charge in [-0.15, -0.1) is 0 Å². The maximum absolute atomic E-state index is 13.5. The Morgan fingerprint density at radius 3 is 2.38 bits per heavy atom. The molecule has 0 bridgehead atoms. The maximum Gasteiger partial charge on any atom is 0.165 e. The second-order valence-corrected chi connectivity index (χ2v) is 9.43. The fraction of sp³-hybridized carbons (Fsp3) is 0.130. The van der Waals surface area contributed by atoms with Gasteiger partial charge in [-0.2, -0.15) is 0 Å². The average Bonchev–Trinajstić information content (AvgIpc) is 3.15. The maximum atomic E-state index is 13.5. The smallest absolute Gasteiger partial charge is 0.165 e. The normalized spacial score (nSPS) is 11.6. The van der Waals surface area contributed by atoms with E-state index in [1.165, 1.54) is 18.2 Å². The SMILES string of the molecule is CS(=O)(=O)CNc1cc2oc(-c3ccc(F)cc3)cc2cc1OCc1ccc(F)c(F)c1. The molecule has 1 heterocycles. The van der Waals surface area contributed by atoms with Gasteiger partial charge in [0, 0.05) is 23.3 Å². The lowest BCUT2D eigenvalue weighted by atomic mass is 10.1. The molecule has 0 saturated heterocycles. The molecule has 4 rings (SSSR count). The number of sulfone groups is 1. The molecular weight excluding hydrogens is 443 g/mol. The van der Waals surface area contributed by atoms with Crippen molar-refractivity contribution in [3.63, 3.8) is 0 Å². The lowest BCUT2D eigenvalue weighted by Gasteiger charge is -2.13. The summed E-state index contributed by atoms with van der Waals surface area (Å²) in [5.74, 6) is -1.87. The molecule has 32 heavy (non-hydrogen) atoms. The first-order chi connectivity index (χ1) is 15.2. The molecule has 3 aromatic carbocycles. The van der Waals surface area contributed by atoms with E-state index in [1.807, 2.05) is 0 Å². The number of rotatable bonds is 7. The predicted molar refractivity (Wildman–Crippen MR) is 116 cm³/mol. The molecule has 0 fully saturated rings. The molecule has 0 aliphatic heterocycles. The van der Waals surface area contributed by atoms with Crippen molar-refractivity contribution >= 4 is 26.5 Å². The Bertz CT molecular complexity index is 1380. The summed E-state index contributed by atoms with van der Waals surface area (Å²) in [5.41, 5.74) is 1.88. The third-order valence-corrected chi connectivity index (χ3v) is 5.32. The van der Waals surface area contributed by atoms with E-state index in [2.05, 4.69) is 5.32 Å². The van der Waals surface area contributed by atoms with Crippen LogP contribution in [0, 0.1) is 17.5 Å². The molecule has 0 aliphatic carbocycles. The average molecular weight is 461 g/mol. The highest BCUT2D eigenvalue weighted by Crippen LogP contribution is 2.36. The lowest BCUT2D eigenvalue weighted by Crippen LogP contribution is -2.13. The van der Waals surface area contributed by atoms with Crippen LogP contribution in [0.2, 0.25) is 0 Å². The topological polar surface area (TPSA) is 68.5 Å². The molecule has 9 heteroatoms. The minimum atomic E-state index is -3.34. The molecule has 0 atom stereocenters. The molecule has 0 radical (unpaired) electrons. The molecule has 0 saturated carbocycles. The van der Waals surface area contributed by atoms with E-state index in [0.29, 0.717) is 39.3 Å². The van der Waals surface area contributed by atoms with Gasteiger partial charge in [-0.05, 0) is 54.1 Å². The Labute approximate surface area is 182 Å². The van der Waals surface area contributed by atoms with Crippen LogP contribution < -0.4 is 10.1 Å². The van der Waals surface area contributed by atoms with Crippen molar-refractivity contribution in [2.24, 2.45) is 0 Å². The van der Waals surface area contributed by atoms with Gasteiger partial charge in [-0.1, -0.05) is 6.07 Å². The number of hydrogen-bond acceptors (Lipinski definition) is 5. The molecule has 5 nitrogen and oxygen atoms in total. The first-order valence-corrected chi connectivity index (χ1v) is 11.6. The van der Waals surface area contributed by atoms with Crippen LogP contribution in [0.15, 0.2) is 65.1 Å². The Hall–Kier alpha value is -3.46. The van der Waals surface area contributed by atoms with Gasteiger partial charge >= 0.3 is 0 Å². The molecule has 166 valence electrons. The van der Waals surface area contributed by atoms with Crippen molar-refractivity contribution in [1.82, 2.24) is 0 Å². The molecule has 1 aromatic heterocycles. The highest BCUT2D eigenvalue weighted by molar-refractivity contribution is 7.90. The fourth-order valence-corrected chi connectivity index (χ4v) is 3.50. The molecule has 0 aliphatic rings. The van der Waals surface area contributed by atoms with Crippen LogP contribution in [-0.4, -0.2) is 20.6 Å². The van der Waals surface area contributed by atoms with Crippen molar-refractivity contribution in [1.29, 1.82) is 0 Å². The van der Waals surface area contributed by atoms with E-state index >= 15 is 0 Å². The summed E-state index contributed by atoms with van der Waals surface area (Å²) in [6, 6.07) is 14.2.